The summed E-state index contributed by atoms with van der Waals surface area (Å²) in [6, 6.07) is 94.2. The maximum absolute atomic E-state index is 7.34. The van der Waals surface area contributed by atoms with Crippen LogP contribution in [0, 0.1) is 24.7 Å². The van der Waals surface area contributed by atoms with Crippen molar-refractivity contribution < 1.29 is 44.8 Å². The standard InChI is InChI=1S/C28H28P2.2C20H12N.2Au/c1-5-15-25(16-6-1)29(26-17-7-2-8-18-26)23-13-14-24-30(27-19-9-3-10-20-27)28-21-11-4-12-22-28;2*1-2-15-12-13-20-18(14-15)17-10-6-7-11-19(17)21(20)16-8-4-3-5-9-16;;/h1-12,15-22H,13-14,23-24H2;2*3-14H;;/q;2*-1;2*+1/p+2. The molecule has 0 bridgehead atoms. The zero-order valence-electron chi connectivity index (χ0n) is 40.7. The molecule has 0 amide bonds. The summed E-state index contributed by atoms with van der Waals surface area (Å²) < 4.78 is 4.52. The predicted octanol–water partition coefficient (Wildman–Crippen LogP) is 14.9. The Kier molecular flexibility index (Phi) is 19.2. The van der Waals surface area contributed by atoms with Crippen LogP contribution in [-0.4, -0.2) is 21.5 Å². The summed E-state index contributed by atoms with van der Waals surface area (Å²) >= 11 is 0. The maximum Gasteiger partial charge on any atom is 1.00 e. The molecule has 0 spiro atoms. The number of para-hydroxylation sites is 4. The van der Waals surface area contributed by atoms with E-state index in [0.717, 1.165) is 44.3 Å². The van der Waals surface area contributed by atoms with Gasteiger partial charge in [0.1, 0.15) is 0 Å². The smallest absolute Gasteiger partial charge is 0.366 e. The topological polar surface area (TPSA) is 9.86 Å². The first-order chi connectivity index (χ1) is 35.7. The molecular weight excluding hydrogens is 1300 g/mol. The van der Waals surface area contributed by atoms with Gasteiger partial charge in [-0.2, -0.15) is 0 Å². The quantitative estimate of drug-likeness (QED) is 0.0402. The van der Waals surface area contributed by atoms with Gasteiger partial charge in [-0.1, -0.05) is 158 Å². The molecule has 2 heterocycles. The first kappa shape index (κ1) is 53.5. The molecule has 366 valence electrons. The third kappa shape index (κ3) is 12.3. The minimum atomic E-state index is -0.714. The molecule has 12 aromatic rings. The van der Waals surface area contributed by atoms with Crippen LogP contribution in [-0.2, 0) is 44.8 Å². The Morgan fingerprint density at radius 2 is 0.568 bits per heavy atom. The van der Waals surface area contributed by atoms with E-state index < -0.39 is 15.8 Å². The Morgan fingerprint density at radius 3 is 0.878 bits per heavy atom. The molecule has 74 heavy (non-hydrogen) atoms. The molecule has 0 aliphatic carbocycles. The van der Waals surface area contributed by atoms with E-state index in [1.54, 1.807) is 0 Å². The summed E-state index contributed by atoms with van der Waals surface area (Å²) in [5.41, 5.74) is 8.58. The summed E-state index contributed by atoms with van der Waals surface area (Å²) in [7, 11) is -1.43. The molecule has 2 nitrogen and oxygen atoms in total. The van der Waals surface area contributed by atoms with Crippen LogP contribution in [0.15, 0.2) is 267 Å². The van der Waals surface area contributed by atoms with Gasteiger partial charge in [0, 0.05) is 22.1 Å². The van der Waals surface area contributed by atoms with Crippen LogP contribution in [0.2, 0.25) is 0 Å². The van der Waals surface area contributed by atoms with Gasteiger partial charge in [0.15, 0.2) is 0 Å². The second kappa shape index (κ2) is 26.5. The number of rotatable bonds is 11. The van der Waals surface area contributed by atoms with Crippen molar-refractivity contribution in [2.24, 2.45) is 0 Å². The molecule has 0 aliphatic heterocycles. The monoisotopic (exact) mass is 1350 g/mol. The van der Waals surface area contributed by atoms with E-state index in [4.69, 9.17) is 12.8 Å². The van der Waals surface area contributed by atoms with E-state index in [1.807, 2.05) is 36.4 Å². The number of unbranched alkanes of at least 4 members (excludes halogenated alkanes) is 1. The van der Waals surface area contributed by atoms with Crippen molar-refractivity contribution in [1.29, 1.82) is 0 Å². The molecule has 0 atom stereocenters. The van der Waals surface area contributed by atoms with Gasteiger partial charge in [-0.25, -0.2) is 0 Å². The number of aromatic nitrogens is 2. The van der Waals surface area contributed by atoms with E-state index in [0.29, 0.717) is 0 Å². The van der Waals surface area contributed by atoms with Gasteiger partial charge < -0.3 is 22.0 Å². The molecule has 0 radical (unpaired) electrons. The third-order valence-corrected chi connectivity index (χ3v) is 19.1. The van der Waals surface area contributed by atoms with Gasteiger partial charge in [0.25, 0.3) is 0 Å². The van der Waals surface area contributed by atoms with E-state index in [2.05, 4.69) is 251 Å². The van der Waals surface area contributed by atoms with E-state index in [9.17, 15) is 0 Å². The fraction of sp³-hybridized carbons (Fsp3) is 0.0588. The Morgan fingerprint density at radius 1 is 0.297 bits per heavy atom. The predicted molar refractivity (Wildman–Crippen MR) is 314 cm³/mol. The zero-order valence-corrected chi connectivity index (χ0v) is 47.1. The number of hydrogen-bond donors (Lipinski definition) is 0. The van der Waals surface area contributed by atoms with E-state index >= 15 is 0 Å². The van der Waals surface area contributed by atoms with Crippen LogP contribution in [0.5, 0.6) is 0 Å². The van der Waals surface area contributed by atoms with Gasteiger partial charge in [0.05, 0.1) is 71.5 Å². The van der Waals surface area contributed by atoms with Gasteiger partial charge in [0.2, 0.25) is 0 Å². The summed E-state index contributed by atoms with van der Waals surface area (Å²) in [6.45, 7) is 0. The number of fused-ring (bicyclic) bond motifs is 6. The zero-order chi connectivity index (χ0) is 48.9. The SMILES string of the molecule is [Au+].[Au+].[C-]#Cc1ccc2c(c1)c1ccccc1n2-c1ccccc1.[C-]#Cc1ccc2c(c1)c1ccccc1n2-c1ccccc1.c1ccc([PH+](CCCC[PH+](c2ccccc2)c2ccccc2)c2ccccc2)cc1. The van der Waals surface area contributed by atoms with Crippen LogP contribution in [0.4, 0.5) is 0 Å². The van der Waals surface area contributed by atoms with Crippen molar-refractivity contribution in [3.05, 3.63) is 291 Å². The van der Waals surface area contributed by atoms with Gasteiger partial charge >= 0.3 is 44.8 Å². The number of nitrogens with zero attached hydrogens (tertiary/aromatic N) is 2. The van der Waals surface area contributed by atoms with Crippen LogP contribution < -0.4 is 21.2 Å². The Labute approximate surface area is 470 Å². The average molecular weight is 1360 g/mol. The van der Waals surface area contributed by atoms with Crippen LogP contribution in [0.25, 0.3) is 55.0 Å². The molecule has 12 rings (SSSR count). The van der Waals surface area contributed by atoms with Crippen molar-refractivity contribution >= 4 is 80.7 Å². The summed E-state index contributed by atoms with van der Waals surface area (Å²) in [5, 5.41) is 10.9. The van der Waals surface area contributed by atoms with Crippen molar-refractivity contribution in [3.63, 3.8) is 0 Å². The first-order valence-corrected chi connectivity index (χ1v) is 28.1. The average Bonchev–Trinajstić information content (AvgIpc) is 3.98. The second-order valence-electron chi connectivity index (χ2n) is 17.7. The molecule has 0 fully saturated rings. The molecule has 6 heteroatoms. The molecular formula is C68H54Au2N2P2+2. The van der Waals surface area contributed by atoms with Crippen molar-refractivity contribution in [2.45, 2.75) is 12.8 Å². The second-order valence-corrected chi connectivity index (χ2v) is 22.9. The van der Waals surface area contributed by atoms with Crippen LogP contribution in [0.1, 0.15) is 24.0 Å². The summed E-state index contributed by atoms with van der Waals surface area (Å²) in [4.78, 5) is 0. The fourth-order valence-corrected chi connectivity index (χ4v) is 15.3. The van der Waals surface area contributed by atoms with E-state index in [-0.39, 0.29) is 44.8 Å². The molecule has 0 aliphatic rings. The van der Waals surface area contributed by atoms with Crippen LogP contribution >= 0.6 is 15.8 Å². The molecule has 2 aromatic heterocycles. The van der Waals surface area contributed by atoms with E-state index in [1.165, 1.54) is 68.2 Å². The van der Waals surface area contributed by atoms with Crippen molar-refractivity contribution in [2.75, 3.05) is 12.3 Å². The summed E-state index contributed by atoms with van der Waals surface area (Å²) in [6.07, 6.45) is 19.9. The normalized spacial score (nSPS) is 10.6. The van der Waals surface area contributed by atoms with Crippen LogP contribution in [0.3, 0.4) is 0 Å². The van der Waals surface area contributed by atoms with Gasteiger partial charge in [-0.15, -0.1) is 35.4 Å². The van der Waals surface area contributed by atoms with Gasteiger partial charge in [-0.3, -0.25) is 11.8 Å². The molecule has 0 saturated heterocycles. The maximum atomic E-state index is 7.34. The minimum absolute atomic E-state index is 0. The third-order valence-electron chi connectivity index (χ3n) is 13.3. The minimum Gasteiger partial charge on any atom is -0.366 e. The Balaban J connectivity index is 0.000000149. The molecule has 0 unspecified atom stereocenters. The van der Waals surface area contributed by atoms with Crippen molar-refractivity contribution in [3.8, 4) is 23.2 Å². The molecule has 10 aromatic carbocycles. The van der Waals surface area contributed by atoms with Crippen molar-refractivity contribution in [1.82, 2.24) is 9.13 Å². The largest absolute Gasteiger partial charge is 1.00 e. The fourth-order valence-electron chi connectivity index (χ4n) is 9.88. The number of benzene rings is 10. The molecule has 0 saturated carbocycles. The molecule has 0 N–H and O–H groups in total. The van der Waals surface area contributed by atoms with Gasteiger partial charge in [-0.05, 0) is 109 Å². The first-order valence-electron chi connectivity index (χ1n) is 24.6. The Bertz CT molecular complexity index is 3440. The Hall–Kier alpha value is -6.74. The number of hydrogen-bond acceptors (Lipinski definition) is 0. The summed E-state index contributed by atoms with van der Waals surface area (Å²) in [5.74, 6) is 4.95.